The van der Waals surface area contributed by atoms with Gasteiger partial charge in [0.05, 0.1) is 11.4 Å². The Morgan fingerprint density at radius 1 is 1.22 bits per heavy atom. The topological polar surface area (TPSA) is 56.0 Å². The van der Waals surface area contributed by atoms with Crippen LogP contribution in [-0.2, 0) is 4.79 Å². The molecule has 2 aromatic rings. The van der Waals surface area contributed by atoms with E-state index in [2.05, 4.69) is 4.98 Å². The van der Waals surface area contributed by atoms with E-state index in [1.54, 1.807) is 12.3 Å². The van der Waals surface area contributed by atoms with Gasteiger partial charge in [-0.3, -0.25) is 9.78 Å². The lowest BCUT2D eigenvalue weighted by atomic mass is 9.77. The van der Waals surface area contributed by atoms with E-state index >= 15 is 0 Å². The SMILES string of the molecule is CC1CC(=O)CCC1c1nccc(-c2cc(F)ccc2F)c1N. The molecule has 0 saturated heterocycles. The Morgan fingerprint density at radius 3 is 2.74 bits per heavy atom. The molecule has 0 aliphatic heterocycles. The van der Waals surface area contributed by atoms with Crippen LogP contribution >= 0.6 is 0 Å². The van der Waals surface area contributed by atoms with Crippen LogP contribution in [0.25, 0.3) is 11.1 Å². The number of anilines is 1. The lowest BCUT2D eigenvalue weighted by Gasteiger charge is -2.28. The summed E-state index contributed by atoms with van der Waals surface area (Å²) in [7, 11) is 0. The van der Waals surface area contributed by atoms with Crippen LogP contribution in [0.4, 0.5) is 14.5 Å². The second-order valence-electron chi connectivity index (χ2n) is 6.15. The molecule has 1 heterocycles. The lowest BCUT2D eigenvalue weighted by Crippen LogP contribution is -2.23. The highest BCUT2D eigenvalue weighted by Gasteiger charge is 2.30. The molecular formula is C18H18F2N2O. The summed E-state index contributed by atoms with van der Waals surface area (Å²) in [6.07, 6.45) is 3.26. The average molecular weight is 316 g/mol. The molecule has 2 unspecified atom stereocenters. The van der Waals surface area contributed by atoms with Crippen molar-refractivity contribution in [1.29, 1.82) is 0 Å². The molecule has 1 saturated carbocycles. The predicted molar refractivity (Wildman–Crippen MR) is 84.8 cm³/mol. The van der Waals surface area contributed by atoms with Gasteiger partial charge in [0.15, 0.2) is 0 Å². The van der Waals surface area contributed by atoms with E-state index in [1.165, 1.54) is 0 Å². The smallest absolute Gasteiger partial charge is 0.133 e. The van der Waals surface area contributed by atoms with Gasteiger partial charge in [-0.15, -0.1) is 0 Å². The second kappa shape index (κ2) is 6.07. The van der Waals surface area contributed by atoms with Crippen molar-refractivity contribution >= 4 is 11.5 Å². The van der Waals surface area contributed by atoms with E-state index in [4.69, 9.17) is 5.73 Å². The number of nitrogens with two attached hydrogens (primary N) is 1. The van der Waals surface area contributed by atoms with Crippen molar-refractivity contribution in [3.63, 3.8) is 0 Å². The monoisotopic (exact) mass is 316 g/mol. The van der Waals surface area contributed by atoms with E-state index in [9.17, 15) is 13.6 Å². The maximum atomic E-state index is 14.0. The van der Waals surface area contributed by atoms with Gasteiger partial charge in [0.25, 0.3) is 0 Å². The molecule has 1 fully saturated rings. The van der Waals surface area contributed by atoms with Gasteiger partial charge in [0.2, 0.25) is 0 Å². The molecule has 23 heavy (non-hydrogen) atoms. The Kier molecular flexibility index (Phi) is 4.11. The number of hydrogen-bond donors (Lipinski definition) is 1. The van der Waals surface area contributed by atoms with E-state index in [1.807, 2.05) is 6.92 Å². The zero-order valence-corrected chi connectivity index (χ0v) is 12.9. The number of carbonyl (C=O) groups is 1. The van der Waals surface area contributed by atoms with E-state index in [0.29, 0.717) is 36.2 Å². The Labute approximate surface area is 133 Å². The Balaban J connectivity index is 2.05. The highest BCUT2D eigenvalue weighted by atomic mass is 19.1. The minimum Gasteiger partial charge on any atom is -0.397 e. The fourth-order valence-corrected chi connectivity index (χ4v) is 3.33. The molecule has 1 aliphatic rings. The average Bonchev–Trinajstić information content (AvgIpc) is 2.51. The molecule has 3 nitrogen and oxygen atoms in total. The van der Waals surface area contributed by atoms with Crippen molar-refractivity contribution in [2.75, 3.05) is 5.73 Å². The van der Waals surface area contributed by atoms with Gasteiger partial charge in [-0.1, -0.05) is 6.92 Å². The second-order valence-corrected chi connectivity index (χ2v) is 6.15. The Hall–Kier alpha value is -2.30. The molecular weight excluding hydrogens is 298 g/mol. The molecule has 0 bridgehead atoms. The molecule has 1 aromatic carbocycles. The highest BCUT2D eigenvalue weighted by molar-refractivity contribution is 5.81. The summed E-state index contributed by atoms with van der Waals surface area (Å²) in [6, 6.07) is 4.89. The van der Waals surface area contributed by atoms with Crippen LogP contribution in [-0.4, -0.2) is 10.8 Å². The molecule has 0 radical (unpaired) electrons. The fourth-order valence-electron chi connectivity index (χ4n) is 3.33. The number of carbonyl (C=O) groups excluding carboxylic acids is 1. The summed E-state index contributed by atoms with van der Waals surface area (Å²) >= 11 is 0. The minimum absolute atomic E-state index is 0.0595. The van der Waals surface area contributed by atoms with Crippen LogP contribution < -0.4 is 5.73 Å². The fraction of sp³-hybridized carbons (Fsp3) is 0.333. The van der Waals surface area contributed by atoms with Crippen molar-refractivity contribution in [1.82, 2.24) is 4.98 Å². The summed E-state index contributed by atoms with van der Waals surface area (Å²) in [5.41, 5.74) is 7.83. The molecule has 2 atom stereocenters. The summed E-state index contributed by atoms with van der Waals surface area (Å²) in [4.78, 5) is 15.9. The Morgan fingerprint density at radius 2 is 2.00 bits per heavy atom. The van der Waals surface area contributed by atoms with Gasteiger partial charge in [-0.25, -0.2) is 8.78 Å². The Bertz CT molecular complexity index is 761. The number of halogens is 2. The first-order valence-corrected chi connectivity index (χ1v) is 7.69. The van der Waals surface area contributed by atoms with Crippen LogP contribution in [0.15, 0.2) is 30.5 Å². The van der Waals surface area contributed by atoms with E-state index in [-0.39, 0.29) is 23.2 Å². The number of aromatic nitrogens is 1. The van der Waals surface area contributed by atoms with Crippen molar-refractivity contribution < 1.29 is 13.6 Å². The highest BCUT2D eigenvalue weighted by Crippen LogP contribution is 2.40. The number of ketones is 1. The third kappa shape index (κ3) is 2.96. The minimum atomic E-state index is -0.526. The van der Waals surface area contributed by atoms with Crippen molar-refractivity contribution in [2.24, 2.45) is 5.92 Å². The van der Waals surface area contributed by atoms with Crippen molar-refractivity contribution in [3.8, 4) is 11.1 Å². The van der Waals surface area contributed by atoms with Crippen molar-refractivity contribution in [2.45, 2.75) is 32.1 Å². The molecule has 1 aromatic heterocycles. The van der Waals surface area contributed by atoms with Crippen molar-refractivity contribution in [3.05, 3.63) is 47.8 Å². The van der Waals surface area contributed by atoms with Gasteiger partial charge >= 0.3 is 0 Å². The number of nitrogens with zero attached hydrogens (tertiary/aromatic N) is 1. The maximum Gasteiger partial charge on any atom is 0.133 e. The zero-order chi connectivity index (χ0) is 16.6. The predicted octanol–water partition coefficient (Wildman–Crippen LogP) is 4.08. The van der Waals surface area contributed by atoms with Gasteiger partial charge in [0, 0.05) is 36.1 Å². The lowest BCUT2D eigenvalue weighted by molar-refractivity contribution is -0.121. The molecule has 0 amide bonds. The molecule has 3 rings (SSSR count). The summed E-state index contributed by atoms with van der Waals surface area (Å²) < 4.78 is 27.5. The van der Waals surface area contributed by atoms with E-state index < -0.39 is 11.6 Å². The number of hydrogen-bond acceptors (Lipinski definition) is 3. The van der Waals surface area contributed by atoms with Crippen LogP contribution in [0.1, 0.15) is 37.8 Å². The van der Waals surface area contributed by atoms with Crippen LogP contribution in [0.5, 0.6) is 0 Å². The first kappa shape index (κ1) is 15.6. The molecule has 2 N–H and O–H groups in total. The third-order valence-electron chi connectivity index (χ3n) is 4.56. The first-order chi connectivity index (χ1) is 11.0. The molecule has 1 aliphatic carbocycles. The molecule has 5 heteroatoms. The number of Topliss-reactive ketones (excluding diaryl/α,β-unsaturated/α-hetero) is 1. The summed E-state index contributed by atoms with van der Waals surface area (Å²) in [6.45, 7) is 2.00. The molecule has 120 valence electrons. The number of rotatable bonds is 2. The number of benzene rings is 1. The summed E-state index contributed by atoms with van der Waals surface area (Å²) in [5.74, 6) is -0.597. The first-order valence-electron chi connectivity index (χ1n) is 7.69. The molecule has 0 spiro atoms. The van der Waals surface area contributed by atoms with E-state index in [0.717, 1.165) is 18.2 Å². The van der Waals surface area contributed by atoms with Gasteiger partial charge < -0.3 is 5.73 Å². The van der Waals surface area contributed by atoms with Crippen LogP contribution in [0, 0.1) is 17.6 Å². The van der Waals surface area contributed by atoms with Crippen LogP contribution in [0.3, 0.4) is 0 Å². The quantitative estimate of drug-likeness (QED) is 0.908. The van der Waals surface area contributed by atoms with Gasteiger partial charge in [-0.2, -0.15) is 0 Å². The van der Waals surface area contributed by atoms with Gasteiger partial charge in [-0.05, 0) is 36.6 Å². The zero-order valence-electron chi connectivity index (χ0n) is 12.9. The summed E-state index contributed by atoms with van der Waals surface area (Å²) in [5, 5.41) is 0. The van der Waals surface area contributed by atoms with Crippen LogP contribution in [0.2, 0.25) is 0 Å². The van der Waals surface area contributed by atoms with Gasteiger partial charge in [0.1, 0.15) is 17.4 Å². The number of pyridine rings is 1. The normalized spacial score (nSPS) is 21.4. The standard InChI is InChI=1S/C18H18F2N2O/c1-10-8-12(23)3-4-13(10)18-17(21)14(6-7-22-18)15-9-11(19)2-5-16(15)20/h2,5-7,9-10,13H,3-4,8,21H2,1H3. The maximum absolute atomic E-state index is 14.0. The largest absolute Gasteiger partial charge is 0.397 e. The third-order valence-corrected chi connectivity index (χ3v) is 4.56. The number of nitrogen functional groups attached to an aromatic ring is 1.